The van der Waals surface area contributed by atoms with Crippen LogP contribution in [0, 0.1) is 5.41 Å². The summed E-state index contributed by atoms with van der Waals surface area (Å²) in [6, 6.07) is 7.17. The zero-order chi connectivity index (χ0) is 19.4. The summed E-state index contributed by atoms with van der Waals surface area (Å²) in [6.07, 6.45) is -4.21. The second kappa shape index (κ2) is 7.97. The van der Waals surface area contributed by atoms with Gasteiger partial charge in [-0.1, -0.05) is 19.1 Å². The minimum Gasteiger partial charge on any atom is -0.494 e. The highest BCUT2D eigenvalue weighted by molar-refractivity contribution is 5.81. The van der Waals surface area contributed by atoms with E-state index in [2.05, 4.69) is 0 Å². The van der Waals surface area contributed by atoms with E-state index in [4.69, 9.17) is 9.84 Å². The van der Waals surface area contributed by atoms with Crippen LogP contribution < -0.4 is 4.74 Å². The molecule has 1 saturated heterocycles. The molecule has 1 N–H and O–H groups in total. The lowest BCUT2D eigenvalue weighted by Crippen LogP contribution is -2.47. The second-order valence-corrected chi connectivity index (χ2v) is 6.44. The van der Waals surface area contributed by atoms with Gasteiger partial charge in [-0.2, -0.15) is 13.2 Å². The van der Waals surface area contributed by atoms with E-state index in [1.165, 1.54) is 0 Å². The Labute approximate surface area is 149 Å². The number of benzene rings is 1. The van der Waals surface area contributed by atoms with Crippen LogP contribution in [0.5, 0.6) is 5.75 Å². The molecular formula is C18H22F3NO4. The van der Waals surface area contributed by atoms with Gasteiger partial charge in [0.25, 0.3) is 0 Å². The van der Waals surface area contributed by atoms with E-state index in [0.717, 1.165) is 22.6 Å². The topological polar surface area (TPSA) is 66.8 Å². The maximum Gasteiger partial charge on any atom is 0.406 e. The molecule has 1 aliphatic rings. The molecule has 0 aliphatic carbocycles. The van der Waals surface area contributed by atoms with Gasteiger partial charge < -0.3 is 14.7 Å². The van der Waals surface area contributed by atoms with Crippen LogP contribution in [0.15, 0.2) is 24.3 Å². The van der Waals surface area contributed by atoms with Crippen molar-refractivity contribution in [2.45, 2.75) is 38.8 Å². The van der Waals surface area contributed by atoms with Crippen molar-refractivity contribution in [1.29, 1.82) is 0 Å². The van der Waals surface area contributed by atoms with E-state index < -0.39 is 36.4 Å². The van der Waals surface area contributed by atoms with Crippen LogP contribution >= 0.6 is 0 Å². The molecule has 1 aromatic carbocycles. The summed E-state index contributed by atoms with van der Waals surface area (Å²) in [5.41, 5.74) is -2.00. The molecule has 0 aromatic heterocycles. The number of nitrogens with zero attached hydrogens (tertiary/aromatic N) is 1. The summed E-state index contributed by atoms with van der Waals surface area (Å²) in [7, 11) is 0. The molecule has 26 heavy (non-hydrogen) atoms. The highest BCUT2D eigenvalue weighted by Gasteiger charge is 2.64. The maximum absolute atomic E-state index is 13.1. The first-order valence-corrected chi connectivity index (χ1v) is 8.49. The van der Waals surface area contributed by atoms with E-state index in [1.807, 2.05) is 6.92 Å². The Morgan fingerprint density at radius 3 is 2.42 bits per heavy atom. The number of carboxylic acids is 1. The third kappa shape index (κ3) is 4.28. The van der Waals surface area contributed by atoms with Gasteiger partial charge in [0.2, 0.25) is 5.91 Å². The summed E-state index contributed by atoms with van der Waals surface area (Å²) in [4.78, 5) is 24.4. The molecule has 2 rings (SSSR count). The number of rotatable bonds is 7. The van der Waals surface area contributed by atoms with Crippen LogP contribution in [0.1, 0.15) is 31.7 Å². The van der Waals surface area contributed by atoms with E-state index in [0.29, 0.717) is 13.0 Å². The Hall–Kier alpha value is -2.25. The zero-order valence-electron chi connectivity index (χ0n) is 14.5. The first kappa shape index (κ1) is 20.1. The molecule has 5 nitrogen and oxygen atoms in total. The summed E-state index contributed by atoms with van der Waals surface area (Å²) >= 11 is 0. The van der Waals surface area contributed by atoms with E-state index in [9.17, 15) is 22.8 Å². The Kier molecular flexibility index (Phi) is 6.15. The molecular weight excluding hydrogens is 351 g/mol. The molecule has 1 aliphatic heterocycles. The zero-order valence-corrected chi connectivity index (χ0v) is 14.5. The molecule has 1 fully saturated rings. The maximum atomic E-state index is 13.1. The van der Waals surface area contributed by atoms with Gasteiger partial charge in [0.15, 0.2) is 5.41 Å². The molecule has 1 amide bonds. The standard InChI is InChI=1S/C18H22F3NO4/c1-2-11-26-14-6-3-13(4-7-14)5-8-15(23)22-10-9-17(12-22,16(24)25)18(19,20)21/h3-4,6-7H,2,5,8-12H2,1H3,(H,24,25). The molecule has 0 bridgehead atoms. The summed E-state index contributed by atoms with van der Waals surface area (Å²) in [5, 5.41) is 9.02. The number of amides is 1. The highest BCUT2D eigenvalue weighted by Crippen LogP contribution is 2.45. The van der Waals surface area contributed by atoms with Crippen molar-refractivity contribution < 1.29 is 32.6 Å². The predicted molar refractivity (Wildman–Crippen MR) is 87.9 cm³/mol. The van der Waals surface area contributed by atoms with Crippen molar-refractivity contribution >= 4 is 11.9 Å². The minimum absolute atomic E-state index is 0.0305. The quantitative estimate of drug-likeness (QED) is 0.797. The van der Waals surface area contributed by atoms with Crippen LogP contribution in [-0.4, -0.2) is 47.8 Å². The number of carbonyl (C=O) groups excluding carboxylic acids is 1. The largest absolute Gasteiger partial charge is 0.494 e. The molecule has 144 valence electrons. The molecule has 0 spiro atoms. The number of halogens is 3. The number of ether oxygens (including phenoxy) is 1. The molecule has 1 aromatic rings. The summed E-state index contributed by atoms with van der Waals surface area (Å²) < 4.78 is 44.9. The van der Waals surface area contributed by atoms with Crippen molar-refractivity contribution in [3.05, 3.63) is 29.8 Å². The number of carboxylic acid groups (broad SMARTS) is 1. The van der Waals surface area contributed by atoms with E-state index >= 15 is 0 Å². The van der Waals surface area contributed by atoms with Crippen molar-refractivity contribution in [3.63, 3.8) is 0 Å². The van der Waals surface area contributed by atoms with Crippen LogP contribution in [-0.2, 0) is 16.0 Å². The lowest BCUT2D eigenvalue weighted by molar-refractivity contribution is -0.227. The van der Waals surface area contributed by atoms with E-state index in [1.54, 1.807) is 24.3 Å². The van der Waals surface area contributed by atoms with Crippen LogP contribution in [0.25, 0.3) is 0 Å². The van der Waals surface area contributed by atoms with Crippen LogP contribution in [0.4, 0.5) is 13.2 Å². The number of likely N-dealkylation sites (tertiary alicyclic amines) is 1. The monoisotopic (exact) mass is 373 g/mol. The molecule has 8 heteroatoms. The van der Waals surface area contributed by atoms with Gasteiger partial charge in [-0.05, 0) is 37.0 Å². The first-order valence-electron chi connectivity index (χ1n) is 8.49. The second-order valence-electron chi connectivity index (χ2n) is 6.44. The van der Waals surface area contributed by atoms with Gasteiger partial charge in [0.05, 0.1) is 6.61 Å². The number of alkyl halides is 3. The van der Waals surface area contributed by atoms with Gasteiger partial charge in [0, 0.05) is 19.5 Å². The van der Waals surface area contributed by atoms with E-state index in [-0.39, 0.29) is 13.0 Å². The van der Waals surface area contributed by atoms with Gasteiger partial charge in [-0.15, -0.1) is 0 Å². The number of aliphatic carboxylic acids is 1. The smallest absolute Gasteiger partial charge is 0.406 e. The lowest BCUT2D eigenvalue weighted by Gasteiger charge is -2.27. The van der Waals surface area contributed by atoms with Crippen LogP contribution in [0.2, 0.25) is 0 Å². The third-order valence-corrected chi connectivity index (χ3v) is 4.60. The van der Waals surface area contributed by atoms with Crippen molar-refractivity contribution in [1.82, 2.24) is 4.90 Å². The number of hydrogen-bond acceptors (Lipinski definition) is 3. The molecule has 1 atom stereocenters. The van der Waals surface area contributed by atoms with Crippen LogP contribution in [0.3, 0.4) is 0 Å². The average molecular weight is 373 g/mol. The predicted octanol–water partition coefficient (Wildman–Crippen LogP) is 3.27. The van der Waals surface area contributed by atoms with Crippen molar-refractivity contribution in [3.8, 4) is 5.75 Å². The molecule has 1 heterocycles. The first-order chi connectivity index (χ1) is 12.2. The summed E-state index contributed by atoms with van der Waals surface area (Å²) in [5.74, 6) is -1.68. The normalized spacial score (nSPS) is 20.2. The SMILES string of the molecule is CCCOc1ccc(CCC(=O)N2CCC(C(=O)O)(C(F)(F)F)C2)cc1. The summed E-state index contributed by atoms with van der Waals surface area (Å²) in [6.45, 7) is 1.58. The molecule has 0 radical (unpaired) electrons. The third-order valence-electron chi connectivity index (χ3n) is 4.60. The number of hydrogen-bond donors (Lipinski definition) is 1. The highest BCUT2D eigenvalue weighted by atomic mass is 19.4. The van der Waals surface area contributed by atoms with Crippen molar-refractivity contribution in [2.24, 2.45) is 5.41 Å². The van der Waals surface area contributed by atoms with Gasteiger partial charge >= 0.3 is 12.1 Å². The Bertz CT molecular complexity index is 645. The van der Waals surface area contributed by atoms with Gasteiger partial charge in [-0.3, -0.25) is 9.59 Å². The molecule has 1 unspecified atom stereocenters. The van der Waals surface area contributed by atoms with Gasteiger partial charge in [-0.25, -0.2) is 0 Å². The number of carbonyl (C=O) groups is 2. The lowest BCUT2D eigenvalue weighted by atomic mass is 9.86. The van der Waals surface area contributed by atoms with Gasteiger partial charge in [0.1, 0.15) is 5.75 Å². The van der Waals surface area contributed by atoms with Crippen molar-refractivity contribution in [2.75, 3.05) is 19.7 Å². The average Bonchev–Trinajstić information content (AvgIpc) is 3.05. The Balaban J connectivity index is 1.92. The number of aryl methyl sites for hydroxylation is 1. The fourth-order valence-electron chi connectivity index (χ4n) is 2.93. The fourth-order valence-corrected chi connectivity index (χ4v) is 2.93. The Morgan fingerprint density at radius 2 is 1.92 bits per heavy atom. The Morgan fingerprint density at radius 1 is 1.27 bits per heavy atom. The molecule has 0 saturated carbocycles. The minimum atomic E-state index is -4.89. The fraction of sp³-hybridized carbons (Fsp3) is 0.556.